The summed E-state index contributed by atoms with van der Waals surface area (Å²) in [5.74, 6) is 0.185. The number of carbonyl (C=O) groups is 1. The van der Waals surface area contributed by atoms with E-state index in [-0.39, 0.29) is 17.8 Å². The quantitative estimate of drug-likeness (QED) is 0.368. The normalized spacial score (nSPS) is 11.9. The number of rotatable bonds is 4. The molecule has 5 heteroatoms. The Morgan fingerprint density at radius 2 is 2.12 bits per heavy atom. The van der Waals surface area contributed by atoms with Crippen molar-refractivity contribution >= 4 is 17.4 Å². The SMILES string of the molecule is CN[C@H](C(C)=O)c1cccc([NH+]=C(N)N)c1. The molecule has 0 saturated heterocycles. The zero-order valence-corrected chi connectivity index (χ0v) is 9.45. The van der Waals surface area contributed by atoms with Gasteiger partial charge in [-0.05, 0) is 31.7 Å². The van der Waals surface area contributed by atoms with Gasteiger partial charge in [0.05, 0.1) is 11.7 Å². The molecular weight excluding hydrogens is 204 g/mol. The molecule has 5 nitrogen and oxygen atoms in total. The summed E-state index contributed by atoms with van der Waals surface area (Å²) in [6.45, 7) is 1.55. The Kier molecular flexibility index (Phi) is 4.02. The standard InChI is InChI=1S/C11H16N4O/c1-7(16)10(14-2)8-4-3-5-9(6-8)15-11(12)13/h3-6,10,14H,1-2H3,(H4,12,13,15)/p+1/t10-/m1/s1. The van der Waals surface area contributed by atoms with Crippen LogP contribution in [0.3, 0.4) is 0 Å². The molecule has 0 bridgehead atoms. The first-order chi connectivity index (χ1) is 7.54. The average Bonchev–Trinajstić information content (AvgIpc) is 2.17. The van der Waals surface area contributed by atoms with Crippen molar-refractivity contribution in [2.45, 2.75) is 13.0 Å². The number of nitrogens with one attached hydrogen (secondary N) is 2. The van der Waals surface area contributed by atoms with Crippen LogP contribution in [0.5, 0.6) is 0 Å². The van der Waals surface area contributed by atoms with E-state index in [4.69, 9.17) is 11.5 Å². The summed E-state index contributed by atoms with van der Waals surface area (Å²) in [5, 5.41) is 2.95. The van der Waals surface area contributed by atoms with Crippen LogP contribution in [-0.4, -0.2) is 18.8 Å². The maximum Gasteiger partial charge on any atom is 0.343 e. The van der Waals surface area contributed by atoms with Gasteiger partial charge < -0.3 is 5.32 Å². The average molecular weight is 221 g/mol. The molecule has 1 aromatic carbocycles. The lowest BCUT2D eigenvalue weighted by atomic mass is 10.0. The van der Waals surface area contributed by atoms with E-state index in [2.05, 4.69) is 10.3 Å². The Morgan fingerprint density at radius 1 is 1.44 bits per heavy atom. The van der Waals surface area contributed by atoms with Crippen LogP contribution < -0.4 is 21.8 Å². The molecule has 0 amide bonds. The Balaban J connectivity index is 3.06. The second-order valence-corrected chi connectivity index (χ2v) is 3.54. The maximum atomic E-state index is 11.4. The molecule has 6 N–H and O–H groups in total. The predicted octanol–water partition coefficient (Wildman–Crippen LogP) is -1.48. The number of likely N-dealkylation sites (N-methyl/N-ethyl adjacent to an activating group) is 1. The number of carbonyl (C=O) groups excluding carboxylic acids is 1. The third kappa shape index (κ3) is 3.06. The van der Waals surface area contributed by atoms with E-state index in [1.54, 1.807) is 14.0 Å². The fourth-order valence-corrected chi connectivity index (χ4v) is 1.57. The second kappa shape index (κ2) is 5.27. The highest BCUT2D eigenvalue weighted by molar-refractivity contribution is 5.83. The molecule has 0 unspecified atom stereocenters. The summed E-state index contributed by atoms with van der Waals surface area (Å²) < 4.78 is 0. The Labute approximate surface area is 94.5 Å². The van der Waals surface area contributed by atoms with E-state index in [9.17, 15) is 4.79 Å². The molecule has 0 radical (unpaired) electrons. The zero-order valence-electron chi connectivity index (χ0n) is 9.45. The summed E-state index contributed by atoms with van der Waals surface area (Å²) in [5.41, 5.74) is 12.3. The summed E-state index contributed by atoms with van der Waals surface area (Å²) in [7, 11) is 1.75. The van der Waals surface area contributed by atoms with Gasteiger partial charge in [0.1, 0.15) is 0 Å². The lowest BCUT2D eigenvalue weighted by molar-refractivity contribution is -0.356. The minimum absolute atomic E-state index is 0.0596. The van der Waals surface area contributed by atoms with Crippen LogP contribution in [0, 0.1) is 0 Å². The van der Waals surface area contributed by atoms with Crippen LogP contribution in [0.2, 0.25) is 0 Å². The van der Waals surface area contributed by atoms with E-state index < -0.39 is 0 Å². The van der Waals surface area contributed by atoms with Crippen molar-refractivity contribution < 1.29 is 9.79 Å². The zero-order chi connectivity index (χ0) is 12.1. The molecule has 1 aromatic rings. The first-order valence-corrected chi connectivity index (χ1v) is 4.97. The Bertz CT molecular complexity index is 410. The van der Waals surface area contributed by atoms with Gasteiger partial charge in [-0.2, -0.15) is 0 Å². The minimum Gasteiger partial charge on any atom is -0.307 e. The first-order valence-electron chi connectivity index (χ1n) is 4.97. The molecule has 0 saturated carbocycles. The molecular formula is C11H17N4O+. The van der Waals surface area contributed by atoms with Gasteiger partial charge in [-0.25, -0.2) is 4.99 Å². The van der Waals surface area contributed by atoms with Crippen LogP contribution in [0.1, 0.15) is 18.5 Å². The van der Waals surface area contributed by atoms with Crippen molar-refractivity contribution in [2.24, 2.45) is 11.5 Å². The van der Waals surface area contributed by atoms with Gasteiger partial charge in [0, 0.05) is 0 Å². The van der Waals surface area contributed by atoms with E-state index in [0.29, 0.717) is 0 Å². The summed E-state index contributed by atoms with van der Waals surface area (Å²) in [6, 6.07) is 7.08. The lowest BCUT2D eigenvalue weighted by Gasteiger charge is -2.12. The van der Waals surface area contributed by atoms with Crippen LogP contribution in [-0.2, 0) is 4.79 Å². The van der Waals surface area contributed by atoms with Gasteiger partial charge in [-0.3, -0.25) is 16.3 Å². The third-order valence-electron chi connectivity index (χ3n) is 2.20. The number of hydrogen-bond donors (Lipinski definition) is 4. The largest absolute Gasteiger partial charge is 0.343 e. The fraction of sp³-hybridized carbons (Fsp3) is 0.273. The molecule has 0 aliphatic heterocycles. The molecule has 0 aliphatic rings. The number of benzene rings is 1. The van der Waals surface area contributed by atoms with Crippen molar-refractivity contribution in [1.82, 2.24) is 5.32 Å². The maximum absolute atomic E-state index is 11.4. The molecule has 0 aliphatic carbocycles. The highest BCUT2D eigenvalue weighted by Crippen LogP contribution is 2.15. The number of hydrogen-bond acceptors (Lipinski definition) is 2. The monoisotopic (exact) mass is 221 g/mol. The Morgan fingerprint density at radius 3 is 2.62 bits per heavy atom. The number of ketones is 1. The summed E-state index contributed by atoms with van der Waals surface area (Å²) >= 11 is 0. The van der Waals surface area contributed by atoms with Gasteiger partial charge >= 0.3 is 5.96 Å². The molecule has 1 rings (SSSR count). The van der Waals surface area contributed by atoms with Gasteiger partial charge in [-0.1, -0.05) is 12.1 Å². The van der Waals surface area contributed by atoms with Crippen molar-refractivity contribution in [3.8, 4) is 0 Å². The van der Waals surface area contributed by atoms with E-state index >= 15 is 0 Å². The van der Waals surface area contributed by atoms with Crippen LogP contribution in [0.15, 0.2) is 24.3 Å². The van der Waals surface area contributed by atoms with Gasteiger partial charge in [0.2, 0.25) is 0 Å². The van der Waals surface area contributed by atoms with E-state index in [1.807, 2.05) is 24.3 Å². The van der Waals surface area contributed by atoms with E-state index in [0.717, 1.165) is 11.3 Å². The van der Waals surface area contributed by atoms with Crippen LogP contribution >= 0.6 is 0 Å². The van der Waals surface area contributed by atoms with E-state index in [1.165, 1.54) is 0 Å². The van der Waals surface area contributed by atoms with Crippen LogP contribution in [0.25, 0.3) is 0 Å². The molecule has 16 heavy (non-hydrogen) atoms. The molecule has 0 aromatic heterocycles. The van der Waals surface area contributed by atoms with Crippen molar-refractivity contribution in [3.05, 3.63) is 29.8 Å². The molecule has 0 fully saturated rings. The summed E-state index contributed by atoms with van der Waals surface area (Å²) in [6.07, 6.45) is 0. The Hall–Kier alpha value is -1.88. The predicted molar refractivity (Wildman–Crippen MR) is 62.9 cm³/mol. The number of Topliss-reactive ketones (excluding diaryl/α,β-unsaturated/α-hetero) is 1. The topological polar surface area (TPSA) is 95.1 Å². The number of nitrogens with two attached hydrogens (primary N) is 2. The first kappa shape index (κ1) is 12.2. The molecule has 0 heterocycles. The third-order valence-corrected chi connectivity index (χ3v) is 2.20. The molecule has 86 valence electrons. The fourth-order valence-electron chi connectivity index (χ4n) is 1.57. The highest BCUT2D eigenvalue weighted by Gasteiger charge is 2.14. The smallest absolute Gasteiger partial charge is 0.307 e. The second-order valence-electron chi connectivity index (χ2n) is 3.54. The van der Waals surface area contributed by atoms with Crippen molar-refractivity contribution in [1.29, 1.82) is 0 Å². The lowest BCUT2D eigenvalue weighted by Crippen LogP contribution is -2.72. The molecule has 1 atom stereocenters. The van der Waals surface area contributed by atoms with Gasteiger partial charge in [0.15, 0.2) is 5.78 Å². The summed E-state index contributed by atoms with van der Waals surface area (Å²) in [4.78, 5) is 14.2. The number of guanidine groups is 1. The molecule has 0 spiro atoms. The van der Waals surface area contributed by atoms with Crippen LogP contribution in [0.4, 0.5) is 5.69 Å². The highest BCUT2D eigenvalue weighted by atomic mass is 16.1. The van der Waals surface area contributed by atoms with Gasteiger partial charge in [-0.15, -0.1) is 0 Å². The van der Waals surface area contributed by atoms with Crippen molar-refractivity contribution in [3.63, 3.8) is 0 Å². The van der Waals surface area contributed by atoms with Gasteiger partial charge in [0.25, 0.3) is 0 Å². The minimum atomic E-state index is -0.305. The van der Waals surface area contributed by atoms with Crippen molar-refractivity contribution in [2.75, 3.05) is 7.05 Å².